The van der Waals surface area contributed by atoms with Crippen LogP contribution < -0.4 is 15.5 Å². The Hall–Kier alpha value is -4.21. The van der Waals surface area contributed by atoms with Gasteiger partial charge in [0.1, 0.15) is 6.04 Å². The van der Waals surface area contributed by atoms with Crippen molar-refractivity contribution < 1.29 is 24.2 Å². The molecule has 2 aliphatic heterocycles. The van der Waals surface area contributed by atoms with Crippen LogP contribution in [-0.2, 0) is 29.1 Å². The maximum Gasteiger partial charge on any atom is 0.326 e. The fourth-order valence-electron chi connectivity index (χ4n) is 5.52. The molecule has 9 nitrogen and oxygen atoms in total. The zero-order chi connectivity index (χ0) is 30.8. The molecule has 0 unspecified atom stereocenters. The molecular formula is C34H42N4O5. The molecule has 9 heteroatoms. The van der Waals surface area contributed by atoms with Crippen molar-refractivity contribution >= 4 is 23.6 Å². The van der Waals surface area contributed by atoms with Gasteiger partial charge in [-0.25, -0.2) is 9.59 Å². The summed E-state index contributed by atoms with van der Waals surface area (Å²) in [5, 5.41) is 15.3. The van der Waals surface area contributed by atoms with Gasteiger partial charge in [-0.1, -0.05) is 54.6 Å². The standard InChI is InChI=1S/C32H35N3O5.C2H7N/c1-22-17-25(30(36)34-16-8-7-12-24-11-5-6-13-28(24)34)14-15-26(22)19-33-32(39)35-20-27(18-29(35)31(37)38)40-21-23-9-3-2-4-10-23;1-3-2/h2-6,9-11,13-15,17,27,29H,7-8,12,16,18-21H2,1H3,(H,33,39)(H,37,38);3H,1-2H3/t27-,29+;/m1./s1. The van der Waals surface area contributed by atoms with Crippen molar-refractivity contribution in [2.45, 2.75) is 57.9 Å². The minimum atomic E-state index is -1.05. The normalized spacial score (nSPS) is 17.7. The first-order valence-corrected chi connectivity index (χ1v) is 14.8. The number of aryl methyl sites for hydroxylation is 2. The van der Waals surface area contributed by atoms with Gasteiger partial charge in [-0.05, 0) is 80.7 Å². The summed E-state index contributed by atoms with van der Waals surface area (Å²) in [5.74, 6) is -1.08. The Bertz CT molecular complexity index is 1400. The molecule has 228 valence electrons. The number of benzene rings is 3. The number of carbonyl (C=O) groups excluding carboxylic acids is 2. The second kappa shape index (κ2) is 15.3. The number of ether oxygens (including phenoxy) is 1. The van der Waals surface area contributed by atoms with E-state index in [0.29, 0.717) is 18.7 Å². The number of carbonyl (C=O) groups is 3. The zero-order valence-corrected chi connectivity index (χ0v) is 25.2. The lowest BCUT2D eigenvalue weighted by molar-refractivity contribution is -0.141. The minimum Gasteiger partial charge on any atom is -0.480 e. The average molecular weight is 587 g/mol. The first-order valence-electron chi connectivity index (χ1n) is 14.8. The number of fused-ring (bicyclic) bond motifs is 1. The number of anilines is 1. The molecule has 2 heterocycles. The number of amides is 3. The summed E-state index contributed by atoms with van der Waals surface area (Å²) in [6, 6.07) is 21.9. The average Bonchev–Trinajstić information content (AvgIpc) is 3.34. The smallest absolute Gasteiger partial charge is 0.326 e. The predicted octanol–water partition coefficient (Wildman–Crippen LogP) is 4.77. The molecule has 0 bridgehead atoms. The SMILES string of the molecule is CNC.Cc1cc(C(=O)N2CCCCc3ccccc32)ccc1CNC(=O)N1C[C@H](OCc2ccccc2)C[C@H]1C(=O)O. The Balaban J connectivity index is 0.00000135. The highest BCUT2D eigenvalue weighted by molar-refractivity contribution is 6.06. The van der Waals surface area contributed by atoms with Crippen LogP contribution in [0.2, 0.25) is 0 Å². The third-order valence-electron chi connectivity index (χ3n) is 7.76. The number of nitrogens with one attached hydrogen (secondary N) is 2. The molecule has 0 aliphatic carbocycles. The van der Waals surface area contributed by atoms with Gasteiger partial charge in [-0.15, -0.1) is 0 Å². The Morgan fingerprint density at radius 3 is 2.42 bits per heavy atom. The third kappa shape index (κ3) is 8.21. The highest BCUT2D eigenvalue weighted by atomic mass is 16.5. The molecule has 0 radical (unpaired) electrons. The van der Waals surface area contributed by atoms with E-state index in [9.17, 15) is 19.5 Å². The molecule has 3 aromatic rings. The van der Waals surface area contributed by atoms with E-state index in [1.807, 2.05) is 86.6 Å². The number of nitrogens with zero attached hydrogens (tertiary/aromatic N) is 2. The summed E-state index contributed by atoms with van der Waals surface area (Å²) >= 11 is 0. The van der Waals surface area contributed by atoms with Crippen LogP contribution in [0.5, 0.6) is 0 Å². The van der Waals surface area contributed by atoms with E-state index >= 15 is 0 Å². The Labute approximate surface area is 253 Å². The lowest BCUT2D eigenvalue weighted by atomic mass is 10.0. The van der Waals surface area contributed by atoms with E-state index in [1.165, 1.54) is 10.5 Å². The van der Waals surface area contributed by atoms with E-state index in [2.05, 4.69) is 16.7 Å². The molecule has 3 N–H and O–H groups in total. The Morgan fingerprint density at radius 2 is 1.70 bits per heavy atom. The quantitative estimate of drug-likeness (QED) is 0.368. The number of carboxylic acid groups (broad SMARTS) is 1. The van der Waals surface area contributed by atoms with Crippen molar-refractivity contribution in [3.05, 3.63) is 101 Å². The number of aliphatic carboxylic acids is 1. The molecule has 0 saturated carbocycles. The van der Waals surface area contributed by atoms with Crippen molar-refractivity contribution in [3.63, 3.8) is 0 Å². The predicted molar refractivity (Wildman–Crippen MR) is 167 cm³/mol. The first kappa shape index (κ1) is 31.7. The summed E-state index contributed by atoms with van der Waals surface area (Å²) in [4.78, 5) is 41.6. The molecule has 3 amide bonds. The van der Waals surface area contributed by atoms with Crippen molar-refractivity contribution in [1.82, 2.24) is 15.5 Å². The second-order valence-corrected chi connectivity index (χ2v) is 11.0. The Morgan fingerprint density at radius 1 is 0.977 bits per heavy atom. The number of urea groups is 1. The minimum absolute atomic E-state index is 0.0315. The van der Waals surface area contributed by atoms with E-state index in [0.717, 1.165) is 41.6 Å². The van der Waals surface area contributed by atoms with Crippen LogP contribution in [0.4, 0.5) is 10.5 Å². The van der Waals surface area contributed by atoms with Gasteiger partial charge in [0.15, 0.2) is 0 Å². The second-order valence-electron chi connectivity index (χ2n) is 11.0. The molecule has 1 fully saturated rings. The highest BCUT2D eigenvalue weighted by Crippen LogP contribution is 2.28. The topological polar surface area (TPSA) is 111 Å². The summed E-state index contributed by atoms with van der Waals surface area (Å²) in [5.41, 5.74) is 5.52. The largest absolute Gasteiger partial charge is 0.480 e. The van der Waals surface area contributed by atoms with Gasteiger partial charge < -0.3 is 30.3 Å². The van der Waals surface area contributed by atoms with E-state index in [-0.39, 0.29) is 31.5 Å². The summed E-state index contributed by atoms with van der Waals surface area (Å²) in [6.07, 6.45) is 2.86. The molecule has 2 aliphatic rings. The van der Waals surface area contributed by atoms with Gasteiger partial charge in [0.05, 0.1) is 12.7 Å². The zero-order valence-electron chi connectivity index (χ0n) is 25.2. The maximum atomic E-state index is 13.5. The van der Waals surface area contributed by atoms with Crippen molar-refractivity contribution in [3.8, 4) is 0 Å². The van der Waals surface area contributed by atoms with Gasteiger partial charge in [-0.3, -0.25) is 4.79 Å². The third-order valence-corrected chi connectivity index (χ3v) is 7.76. The molecule has 0 aromatic heterocycles. The lowest BCUT2D eigenvalue weighted by Gasteiger charge is -2.24. The molecular weight excluding hydrogens is 544 g/mol. The van der Waals surface area contributed by atoms with Gasteiger partial charge in [0, 0.05) is 37.3 Å². The van der Waals surface area contributed by atoms with Gasteiger partial charge in [0.25, 0.3) is 5.91 Å². The number of likely N-dealkylation sites (tertiary alicyclic amines) is 1. The molecule has 1 saturated heterocycles. The first-order chi connectivity index (χ1) is 20.8. The van der Waals surface area contributed by atoms with Crippen LogP contribution >= 0.6 is 0 Å². The molecule has 2 atom stereocenters. The van der Waals surface area contributed by atoms with Crippen LogP contribution in [-0.4, -0.2) is 67.2 Å². The molecule has 43 heavy (non-hydrogen) atoms. The number of carboxylic acids is 1. The molecule has 5 rings (SSSR count). The van der Waals surface area contributed by atoms with Crippen LogP contribution in [0.15, 0.2) is 72.8 Å². The van der Waals surface area contributed by atoms with Gasteiger partial charge in [0.2, 0.25) is 0 Å². The van der Waals surface area contributed by atoms with Crippen molar-refractivity contribution in [2.24, 2.45) is 0 Å². The number of rotatable bonds is 7. The maximum absolute atomic E-state index is 13.5. The van der Waals surface area contributed by atoms with Crippen LogP contribution in [0.3, 0.4) is 0 Å². The van der Waals surface area contributed by atoms with Crippen LogP contribution in [0, 0.1) is 6.92 Å². The van der Waals surface area contributed by atoms with Crippen LogP contribution in [0.25, 0.3) is 0 Å². The molecule has 0 spiro atoms. The van der Waals surface area contributed by atoms with Crippen molar-refractivity contribution in [2.75, 3.05) is 32.1 Å². The van der Waals surface area contributed by atoms with Crippen molar-refractivity contribution in [1.29, 1.82) is 0 Å². The van der Waals surface area contributed by atoms with Crippen LogP contribution in [0.1, 0.15) is 51.9 Å². The fourth-order valence-corrected chi connectivity index (χ4v) is 5.52. The number of hydrogen-bond acceptors (Lipinski definition) is 5. The summed E-state index contributed by atoms with van der Waals surface area (Å²) in [6.45, 7) is 3.39. The summed E-state index contributed by atoms with van der Waals surface area (Å²) in [7, 11) is 3.75. The number of hydrogen-bond donors (Lipinski definition) is 3. The lowest BCUT2D eigenvalue weighted by Crippen LogP contribution is -2.46. The monoisotopic (exact) mass is 586 g/mol. The number of para-hydroxylation sites is 1. The highest BCUT2D eigenvalue weighted by Gasteiger charge is 2.40. The van der Waals surface area contributed by atoms with Gasteiger partial charge in [-0.2, -0.15) is 0 Å². The fraction of sp³-hybridized carbons (Fsp3) is 0.382. The van der Waals surface area contributed by atoms with Gasteiger partial charge >= 0.3 is 12.0 Å². The van der Waals surface area contributed by atoms with E-state index < -0.39 is 18.0 Å². The Kier molecular flexibility index (Phi) is 11.3. The van der Waals surface area contributed by atoms with E-state index in [1.54, 1.807) is 6.07 Å². The summed E-state index contributed by atoms with van der Waals surface area (Å²) < 4.78 is 5.93. The van der Waals surface area contributed by atoms with E-state index in [4.69, 9.17) is 4.74 Å². The molecule has 3 aromatic carbocycles.